The summed E-state index contributed by atoms with van der Waals surface area (Å²) in [4.78, 5) is 4.64. The van der Waals surface area contributed by atoms with Gasteiger partial charge in [0.1, 0.15) is 10.8 Å². The molecule has 0 bridgehead atoms. The summed E-state index contributed by atoms with van der Waals surface area (Å²) >= 11 is 1.57. The fourth-order valence-corrected chi connectivity index (χ4v) is 3.80. The lowest BCUT2D eigenvalue weighted by molar-refractivity contribution is 0.00578. The molecule has 128 valence electrons. The molecule has 1 aromatic heterocycles. The predicted octanol–water partition coefficient (Wildman–Crippen LogP) is 3.97. The zero-order valence-corrected chi connectivity index (χ0v) is 15.6. The minimum Gasteiger partial charge on any atom is -0.508 e. The molecule has 4 rings (SSSR count). The van der Waals surface area contributed by atoms with Crippen molar-refractivity contribution < 1.29 is 14.4 Å². The number of nitrogens with zero attached hydrogens (tertiary/aromatic N) is 1. The van der Waals surface area contributed by atoms with Gasteiger partial charge in [-0.25, -0.2) is 4.98 Å². The minimum absolute atomic E-state index is 0.263. The maximum absolute atomic E-state index is 9.60. The van der Waals surface area contributed by atoms with Gasteiger partial charge < -0.3 is 14.4 Å². The molecule has 0 amide bonds. The monoisotopic (exact) mass is 353 g/mol. The van der Waals surface area contributed by atoms with Crippen molar-refractivity contribution in [3.8, 4) is 16.3 Å². The number of hydrogen-bond donors (Lipinski definition) is 1. The Morgan fingerprint density at radius 3 is 2.24 bits per heavy atom. The van der Waals surface area contributed by atoms with Gasteiger partial charge in [-0.1, -0.05) is 24.3 Å². The normalized spacial score (nSPS) is 18.8. The first-order valence-corrected chi connectivity index (χ1v) is 9.12. The van der Waals surface area contributed by atoms with E-state index in [2.05, 4.69) is 32.7 Å². The van der Waals surface area contributed by atoms with Crippen LogP contribution < -0.4 is 5.46 Å². The third-order valence-corrected chi connectivity index (χ3v) is 6.12. The molecule has 25 heavy (non-hydrogen) atoms. The molecule has 0 radical (unpaired) electrons. The first-order valence-electron chi connectivity index (χ1n) is 8.31. The zero-order chi connectivity index (χ0) is 17.8. The van der Waals surface area contributed by atoms with Gasteiger partial charge in [-0.2, -0.15) is 0 Å². The van der Waals surface area contributed by atoms with Gasteiger partial charge in [0.15, 0.2) is 0 Å². The van der Waals surface area contributed by atoms with Crippen LogP contribution in [0.3, 0.4) is 0 Å². The average Bonchev–Trinajstić information content (AvgIpc) is 3.05. The van der Waals surface area contributed by atoms with Crippen LogP contribution >= 0.6 is 11.3 Å². The molecule has 1 fully saturated rings. The highest BCUT2D eigenvalue weighted by Gasteiger charge is 2.51. The molecule has 1 aliphatic rings. The number of thiazole rings is 1. The lowest BCUT2D eigenvalue weighted by atomic mass is 9.79. The molecular formula is C19H20BNO3S. The summed E-state index contributed by atoms with van der Waals surface area (Å²) in [5, 5.41) is 10.5. The second kappa shape index (κ2) is 5.56. The zero-order valence-electron chi connectivity index (χ0n) is 14.7. The average molecular weight is 353 g/mol. The summed E-state index contributed by atoms with van der Waals surface area (Å²) in [6, 6.07) is 13.4. The molecule has 2 aromatic carbocycles. The van der Waals surface area contributed by atoms with Crippen LogP contribution in [0.4, 0.5) is 0 Å². The van der Waals surface area contributed by atoms with Crippen molar-refractivity contribution in [1.82, 2.24) is 4.98 Å². The van der Waals surface area contributed by atoms with Crippen LogP contribution in [0.1, 0.15) is 27.7 Å². The van der Waals surface area contributed by atoms with E-state index in [1.807, 2.05) is 30.3 Å². The first kappa shape index (κ1) is 16.6. The molecule has 1 N–H and O–H groups in total. The number of benzene rings is 2. The molecule has 0 atom stereocenters. The fourth-order valence-electron chi connectivity index (χ4n) is 2.80. The van der Waals surface area contributed by atoms with E-state index in [1.165, 1.54) is 0 Å². The Labute approximate surface area is 151 Å². The van der Waals surface area contributed by atoms with E-state index in [4.69, 9.17) is 9.31 Å². The van der Waals surface area contributed by atoms with Crippen molar-refractivity contribution in [3.05, 3.63) is 42.5 Å². The van der Waals surface area contributed by atoms with Crippen LogP contribution in [0.15, 0.2) is 42.5 Å². The van der Waals surface area contributed by atoms with Crippen molar-refractivity contribution in [2.45, 2.75) is 38.9 Å². The summed E-state index contributed by atoms with van der Waals surface area (Å²) in [6.45, 7) is 8.21. The molecule has 4 nitrogen and oxygen atoms in total. The molecule has 0 saturated carbocycles. The minimum atomic E-state index is -0.355. The molecule has 1 saturated heterocycles. The van der Waals surface area contributed by atoms with Crippen LogP contribution in [-0.4, -0.2) is 28.4 Å². The second-order valence-electron chi connectivity index (χ2n) is 7.38. The second-order valence-corrected chi connectivity index (χ2v) is 8.41. The van der Waals surface area contributed by atoms with Crippen molar-refractivity contribution in [2.24, 2.45) is 0 Å². The molecular weight excluding hydrogens is 333 g/mol. The third kappa shape index (κ3) is 2.84. The molecule has 0 aliphatic carbocycles. The third-order valence-electron chi connectivity index (χ3n) is 5.06. The van der Waals surface area contributed by atoms with Crippen molar-refractivity contribution >= 4 is 34.1 Å². The van der Waals surface area contributed by atoms with E-state index in [-0.39, 0.29) is 24.1 Å². The molecule has 0 unspecified atom stereocenters. The number of phenols is 1. The van der Waals surface area contributed by atoms with Crippen molar-refractivity contribution in [3.63, 3.8) is 0 Å². The first-order chi connectivity index (χ1) is 11.7. The summed E-state index contributed by atoms with van der Waals surface area (Å²) in [5.74, 6) is 0.263. The lowest BCUT2D eigenvalue weighted by Crippen LogP contribution is -2.41. The summed E-state index contributed by atoms with van der Waals surface area (Å²) in [7, 11) is -0.355. The van der Waals surface area contributed by atoms with Gasteiger partial charge in [0.25, 0.3) is 0 Å². The Morgan fingerprint density at radius 2 is 1.60 bits per heavy atom. The lowest BCUT2D eigenvalue weighted by Gasteiger charge is -2.32. The van der Waals surface area contributed by atoms with Gasteiger partial charge in [0.2, 0.25) is 0 Å². The quantitative estimate of drug-likeness (QED) is 0.709. The molecule has 0 spiro atoms. The van der Waals surface area contributed by atoms with Gasteiger partial charge in [0, 0.05) is 5.56 Å². The Bertz CT molecular complexity index is 917. The van der Waals surface area contributed by atoms with E-state index in [0.29, 0.717) is 0 Å². The SMILES string of the molecule is CC1(C)OB(c2ccc(-c3nc4ccc(O)cc4s3)cc2)OC1(C)C. The molecule has 3 aromatic rings. The van der Waals surface area contributed by atoms with Crippen molar-refractivity contribution in [1.29, 1.82) is 0 Å². The number of phenolic OH excluding ortho intramolecular Hbond substituents is 1. The maximum atomic E-state index is 9.60. The Morgan fingerprint density at radius 1 is 0.960 bits per heavy atom. The number of rotatable bonds is 2. The number of aromatic nitrogens is 1. The molecule has 6 heteroatoms. The highest BCUT2D eigenvalue weighted by atomic mass is 32.1. The van der Waals surface area contributed by atoms with Gasteiger partial charge >= 0.3 is 7.12 Å². The van der Waals surface area contributed by atoms with Gasteiger partial charge in [0.05, 0.1) is 21.4 Å². The van der Waals surface area contributed by atoms with Crippen LogP contribution in [0.5, 0.6) is 5.75 Å². The number of aromatic hydroxyl groups is 1. The van der Waals surface area contributed by atoms with E-state index in [9.17, 15) is 5.11 Å². The van der Waals surface area contributed by atoms with Crippen LogP contribution in [0.25, 0.3) is 20.8 Å². The van der Waals surface area contributed by atoms with E-state index < -0.39 is 0 Å². The molecule has 1 aliphatic heterocycles. The fraction of sp³-hybridized carbons (Fsp3) is 0.316. The summed E-state index contributed by atoms with van der Waals surface area (Å²) in [5.41, 5.74) is 2.26. The van der Waals surface area contributed by atoms with Gasteiger partial charge in [-0.15, -0.1) is 11.3 Å². The summed E-state index contributed by atoms with van der Waals surface area (Å²) < 4.78 is 13.2. The van der Waals surface area contributed by atoms with Crippen LogP contribution in [0.2, 0.25) is 0 Å². The molecule has 2 heterocycles. The summed E-state index contributed by atoms with van der Waals surface area (Å²) in [6.07, 6.45) is 0. The Balaban J connectivity index is 1.62. The standard InChI is InChI=1S/C19H20BNO3S/c1-18(2)19(3,4)24-20(23-18)13-7-5-12(6-8-13)17-21-15-10-9-14(22)11-16(15)25-17/h5-11,22H,1-4H3. The van der Waals surface area contributed by atoms with E-state index in [0.717, 1.165) is 26.3 Å². The highest BCUT2D eigenvalue weighted by Crippen LogP contribution is 2.37. The predicted molar refractivity (Wildman–Crippen MR) is 102 cm³/mol. The van der Waals surface area contributed by atoms with Crippen LogP contribution in [0, 0.1) is 0 Å². The number of fused-ring (bicyclic) bond motifs is 1. The van der Waals surface area contributed by atoms with Gasteiger partial charge in [-0.3, -0.25) is 0 Å². The number of hydrogen-bond acceptors (Lipinski definition) is 5. The largest absolute Gasteiger partial charge is 0.508 e. The Kier molecular flexibility index (Phi) is 3.69. The highest BCUT2D eigenvalue weighted by molar-refractivity contribution is 7.21. The van der Waals surface area contributed by atoms with Gasteiger partial charge in [-0.05, 0) is 51.4 Å². The maximum Gasteiger partial charge on any atom is 0.494 e. The van der Waals surface area contributed by atoms with Crippen LogP contribution in [-0.2, 0) is 9.31 Å². The van der Waals surface area contributed by atoms with Crippen molar-refractivity contribution in [2.75, 3.05) is 0 Å². The van der Waals surface area contributed by atoms with E-state index >= 15 is 0 Å². The Hall–Kier alpha value is -1.89. The van der Waals surface area contributed by atoms with E-state index in [1.54, 1.807) is 23.5 Å². The topological polar surface area (TPSA) is 51.6 Å². The smallest absolute Gasteiger partial charge is 0.494 e.